The molecule has 2 aromatic heterocycles. The molecule has 8 heteroatoms. The molecule has 0 atom stereocenters. The van der Waals surface area contributed by atoms with E-state index in [0.29, 0.717) is 5.13 Å². The van der Waals surface area contributed by atoms with Gasteiger partial charge in [0.2, 0.25) is 0 Å². The van der Waals surface area contributed by atoms with E-state index in [1.807, 2.05) is 20.0 Å². The number of hydrogen-bond donors (Lipinski definition) is 1. The Balaban J connectivity index is 2.27. The van der Waals surface area contributed by atoms with Crippen LogP contribution >= 0.6 is 11.3 Å². The van der Waals surface area contributed by atoms with Crippen molar-refractivity contribution >= 4 is 33.9 Å². The van der Waals surface area contributed by atoms with Crippen LogP contribution in [0.3, 0.4) is 0 Å². The fraction of sp³-hybridized carbons (Fsp3) is 0.385. The number of nitrogens with zero attached hydrogens (tertiary/aromatic N) is 3. The highest BCUT2D eigenvalue weighted by atomic mass is 32.1. The molecule has 0 unspecified atom stereocenters. The summed E-state index contributed by atoms with van der Waals surface area (Å²) >= 11 is 1.11. The molecule has 0 aliphatic heterocycles. The molecule has 21 heavy (non-hydrogen) atoms. The van der Waals surface area contributed by atoms with Gasteiger partial charge in [-0.2, -0.15) is 5.10 Å². The second-order valence-electron chi connectivity index (χ2n) is 4.67. The number of Topliss-reactive ketones (excluding diaryl/α,β-unsaturated/α-hetero) is 1. The summed E-state index contributed by atoms with van der Waals surface area (Å²) in [6.07, 6.45) is 3.49. The van der Waals surface area contributed by atoms with Crippen LogP contribution in [-0.2, 0) is 4.74 Å². The van der Waals surface area contributed by atoms with Crippen molar-refractivity contribution in [3.05, 3.63) is 23.0 Å². The fourth-order valence-electron chi connectivity index (χ4n) is 1.66. The van der Waals surface area contributed by atoms with Crippen molar-refractivity contribution in [3.8, 4) is 0 Å². The van der Waals surface area contributed by atoms with E-state index < -0.39 is 5.97 Å². The van der Waals surface area contributed by atoms with Crippen LogP contribution in [0.1, 0.15) is 47.0 Å². The number of methoxy groups -OCH3 is 1. The van der Waals surface area contributed by atoms with Gasteiger partial charge < -0.3 is 10.1 Å². The molecule has 0 aromatic carbocycles. The number of nitrogens with one attached hydrogen (secondary N) is 1. The third-order valence-electron chi connectivity index (χ3n) is 2.71. The minimum atomic E-state index is -0.623. The normalized spacial score (nSPS) is 10.7. The number of ether oxygens (including phenoxy) is 1. The summed E-state index contributed by atoms with van der Waals surface area (Å²) < 4.78 is 6.43. The maximum absolute atomic E-state index is 11.6. The standard InChI is InChI=1S/C13H16N4O3S/c1-7(2)17-6-9(5-14-17)15-13-16-10(12(19)20-4)11(21-13)8(3)18/h5-7H,1-4H3,(H,15,16). The van der Waals surface area contributed by atoms with Gasteiger partial charge in [-0.1, -0.05) is 11.3 Å². The Hall–Kier alpha value is -2.22. The van der Waals surface area contributed by atoms with E-state index in [4.69, 9.17) is 0 Å². The SMILES string of the molecule is COC(=O)c1nc(Nc2cnn(C(C)C)c2)sc1C(C)=O. The van der Waals surface area contributed by atoms with Gasteiger partial charge in [0.25, 0.3) is 0 Å². The van der Waals surface area contributed by atoms with Crippen molar-refractivity contribution in [2.45, 2.75) is 26.8 Å². The first-order chi connectivity index (χ1) is 9.92. The van der Waals surface area contributed by atoms with Crippen LogP contribution in [0, 0.1) is 0 Å². The molecule has 0 spiro atoms. The Labute approximate surface area is 125 Å². The third-order valence-corrected chi connectivity index (χ3v) is 3.78. The largest absolute Gasteiger partial charge is 0.464 e. The lowest BCUT2D eigenvalue weighted by atomic mass is 10.3. The number of esters is 1. The second-order valence-corrected chi connectivity index (χ2v) is 5.67. The first kappa shape index (κ1) is 15.2. The van der Waals surface area contributed by atoms with Gasteiger partial charge in [0.1, 0.15) is 4.88 Å². The van der Waals surface area contributed by atoms with Crippen LogP contribution in [0.4, 0.5) is 10.8 Å². The molecule has 2 aromatic rings. The Bertz CT molecular complexity index is 675. The molecule has 1 N–H and O–H groups in total. The molecule has 0 radical (unpaired) electrons. The van der Waals surface area contributed by atoms with Gasteiger partial charge >= 0.3 is 5.97 Å². The molecule has 0 aliphatic rings. The molecule has 0 saturated heterocycles. The number of ketones is 1. The van der Waals surface area contributed by atoms with Gasteiger partial charge in [-0.05, 0) is 13.8 Å². The van der Waals surface area contributed by atoms with Crippen molar-refractivity contribution < 1.29 is 14.3 Å². The zero-order valence-corrected chi connectivity index (χ0v) is 13.0. The van der Waals surface area contributed by atoms with Crippen LogP contribution < -0.4 is 5.32 Å². The summed E-state index contributed by atoms with van der Waals surface area (Å²) in [5, 5.41) is 7.69. The van der Waals surface area contributed by atoms with Gasteiger partial charge in [-0.25, -0.2) is 9.78 Å². The van der Waals surface area contributed by atoms with Crippen LogP contribution in [-0.4, -0.2) is 33.6 Å². The molecule has 0 bridgehead atoms. The Morgan fingerprint density at radius 2 is 2.14 bits per heavy atom. The number of aromatic nitrogens is 3. The second kappa shape index (κ2) is 6.04. The first-order valence-electron chi connectivity index (χ1n) is 6.33. The predicted octanol–water partition coefficient (Wildman–Crippen LogP) is 2.65. The van der Waals surface area contributed by atoms with E-state index in [9.17, 15) is 9.59 Å². The molecule has 2 heterocycles. The summed E-state index contributed by atoms with van der Waals surface area (Å²) in [7, 11) is 1.26. The van der Waals surface area contributed by atoms with Gasteiger partial charge in [0.05, 0.1) is 19.0 Å². The minimum Gasteiger partial charge on any atom is -0.464 e. The predicted molar refractivity (Wildman–Crippen MR) is 79.4 cm³/mol. The van der Waals surface area contributed by atoms with Gasteiger partial charge in [-0.15, -0.1) is 0 Å². The van der Waals surface area contributed by atoms with Crippen LogP contribution in [0.5, 0.6) is 0 Å². The fourth-order valence-corrected chi connectivity index (χ4v) is 2.52. The zero-order chi connectivity index (χ0) is 15.6. The molecule has 2 rings (SSSR count). The lowest BCUT2D eigenvalue weighted by molar-refractivity contribution is 0.0591. The molecule has 0 amide bonds. The molecule has 0 fully saturated rings. The first-order valence-corrected chi connectivity index (χ1v) is 7.15. The highest BCUT2D eigenvalue weighted by Crippen LogP contribution is 2.27. The summed E-state index contributed by atoms with van der Waals surface area (Å²) in [4.78, 5) is 27.6. The van der Waals surface area contributed by atoms with Crippen LogP contribution in [0.2, 0.25) is 0 Å². The molecular formula is C13H16N4O3S. The van der Waals surface area contributed by atoms with E-state index in [1.165, 1.54) is 14.0 Å². The lowest BCUT2D eigenvalue weighted by Crippen LogP contribution is -2.07. The van der Waals surface area contributed by atoms with Crippen LogP contribution in [0.15, 0.2) is 12.4 Å². The maximum atomic E-state index is 11.6. The monoisotopic (exact) mass is 308 g/mol. The van der Waals surface area contributed by atoms with Gasteiger partial charge in [0, 0.05) is 19.2 Å². The lowest BCUT2D eigenvalue weighted by Gasteiger charge is -2.03. The Morgan fingerprint density at radius 1 is 1.43 bits per heavy atom. The third kappa shape index (κ3) is 3.27. The number of anilines is 2. The Morgan fingerprint density at radius 3 is 2.67 bits per heavy atom. The van der Waals surface area contributed by atoms with Gasteiger partial charge in [-0.3, -0.25) is 9.48 Å². The summed E-state index contributed by atoms with van der Waals surface area (Å²) in [6, 6.07) is 0.246. The topological polar surface area (TPSA) is 86.1 Å². The van der Waals surface area contributed by atoms with Crippen molar-refractivity contribution in [3.63, 3.8) is 0 Å². The number of carbonyl (C=O) groups is 2. The van der Waals surface area contributed by atoms with Crippen molar-refractivity contribution in [1.82, 2.24) is 14.8 Å². The molecule has 0 saturated carbocycles. The zero-order valence-electron chi connectivity index (χ0n) is 12.2. The van der Waals surface area contributed by atoms with E-state index >= 15 is 0 Å². The maximum Gasteiger partial charge on any atom is 0.358 e. The number of carbonyl (C=O) groups excluding carboxylic acids is 2. The molecule has 0 aliphatic carbocycles. The smallest absolute Gasteiger partial charge is 0.358 e. The highest BCUT2D eigenvalue weighted by Gasteiger charge is 2.22. The number of hydrogen-bond acceptors (Lipinski definition) is 7. The number of thiazole rings is 1. The van der Waals surface area contributed by atoms with Crippen molar-refractivity contribution in [1.29, 1.82) is 0 Å². The highest BCUT2D eigenvalue weighted by molar-refractivity contribution is 7.17. The number of rotatable bonds is 5. The minimum absolute atomic E-state index is 0.0359. The summed E-state index contributed by atoms with van der Waals surface area (Å²) in [5.41, 5.74) is 0.776. The summed E-state index contributed by atoms with van der Waals surface area (Å²) in [6.45, 7) is 5.42. The average Bonchev–Trinajstić information content (AvgIpc) is 3.05. The van der Waals surface area contributed by atoms with E-state index in [-0.39, 0.29) is 22.4 Å². The van der Waals surface area contributed by atoms with E-state index in [1.54, 1.807) is 10.9 Å². The van der Waals surface area contributed by atoms with Crippen LogP contribution in [0.25, 0.3) is 0 Å². The Kier molecular flexibility index (Phi) is 4.37. The summed E-state index contributed by atoms with van der Waals surface area (Å²) in [5.74, 6) is -0.846. The van der Waals surface area contributed by atoms with E-state index in [0.717, 1.165) is 17.0 Å². The quantitative estimate of drug-likeness (QED) is 0.675. The van der Waals surface area contributed by atoms with E-state index in [2.05, 4.69) is 20.1 Å². The van der Waals surface area contributed by atoms with Crippen molar-refractivity contribution in [2.24, 2.45) is 0 Å². The van der Waals surface area contributed by atoms with Gasteiger partial charge in [0.15, 0.2) is 16.6 Å². The average molecular weight is 308 g/mol. The van der Waals surface area contributed by atoms with Crippen molar-refractivity contribution in [2.75, 3.05) is 12.4 Å². The molecule has 7 nitrogen and oxygen atoms in total. The molecular weight excluding hydrogens is 292 g/mol. The molecule has 112 valence electrons.